The van der Waals surface area contributed by atoms with Crippen molar-refractivity contribution in [3.05, 3.63) is 78.4 Å². The molecule has 0 spiro atoms. The zero-order valence-electron chi connectivity index (χ0n) is 24.5. The molecule has 43 heavy (non-hydrogen) atoms. The fraction of sp³-hybridized carbons (Fsp3) is 0.361. The van der Waals surface area contributed by atoms with Crippen LogP contribution in [0.1, 0.15) is 67.8 Å². The molecular formula is C36H38N4O3. The van der Waals surface area contributed by atoms with Crippen LogP contribution in [0, 0.1) is 0 Å². The molecular weight excluding hydrogens is 536 g/mol. The van der Waals surface area contributed by atoms with E-state index in [1.807, 2.05) is 18.2 Å². The van der Waals surface area contributed by atoms with E-state index < -0.39 is 5.97 Å². The summed E-state index contributed by atoms with van der Waals surface area (Å²) in [6, 6.07) is 24.4. The highest BCUT2D eigenvalue weighted by molar-refractivity contribution is 5.94. The van der Waals surface area contributed by atoms with E-state index >= 15 is 0 Å². The lowest BCUT2D eigenvalue weighted by molar-refractivity contribution is 0.0697. The van der Waals surface area contributed by atoms with E-state index in [2.05, 4.69) is 51.9 Å². The van der Waals surface area contributed by atoms with Crippen LogP contribution in [0.2, 0.25) is 0 Å². The molecule has 0 bridgehead atoms. The molecule has 7 heteroatoms. The molecule has 1 saturated carbocycles. The van der Waals surface area contributed by atoms with Crippen molar-refractivity contribution in [1.29, 1.82) is 0 Å². The summed E-state index contributed by atoms with van der Waals surface area (Å²) in [6.45, 7) is 4.27. The number of carbonyl (C=O) groups is 1. The van der Waals surface area contributed by atoms with Crippen LogP contribution < -0.4 is 4.74 Å². The Morgan fingerprint density at radius 3 is 2.53 bits per heavy atom. The van der Waals surface area contributed by atoms with Crippen LogP contribution in [0.4, 0.5) is 0 Å². The largest absolute Gasteiger partial charge is 0.494 e. The number of aromatic nitrogens is 3. The number of fused-ring (bicyclic) bond motifs is 2. The number of hydrogen-bond donors (Lipinski definition) is 1. The molecule has 2 aliphatic rings. The summed E-state index contributed by atoms with van der Waals surface area (Å²) in [7, 11) is 0. The number of ether oxygens (including phenoxy) is 1. The van der Waals surface area contributed by atoms with E-state index in [1.165, 1.54) is 45.2 Å². The van der Waals surface area contributed by atoms with Gasteiger partial charge in [0.2, 0.25) is 0 Å². The van der Waals surface area contributed by atoms with E-state index in [0.29, 0.717) is 6.04 Å². The van der Waals surface area contributed by atoms with Gasteiger partial charge in [0.15, 0.2) is 0 Å². The first kappa shape index (κ1) is 27.6. The first-order valence-corrected chi connectivity index (χ1v) is 15.7. The third-order valence-corrected chi connectivity index (χ3v) is 9.04. The predicted molar refractivity (Wildman–Crippen MR) is 171 cm³/mol. The van der Waals surface area contributed by atoms with Gasteiger partial charge < -0.3 is 19.3 Å². The molecule has 0 atom stereocenters. The van der Waals surface area contributed by atoms with Crippen LogP contribution in [0.5, 0.6) is 5.75 Å². The number of aromatic carboxylic acids is 1. The van der Waals surface area contributed by atoms with Gasteiger partial charge in [-0.25, -0.2) is 14.8 Å². The maximum absolute atomic E-state index is 11.7. The minimum absolute atomic E-state index is 0.263. The molecule has 2 aromatic heterocycles. The van der Waals surface area contributed by atoms with Gasteiger partial charge in [-0.1, -0.05) is 37.5 Å². The van der Waals surface area contributed by atoms with E-state index in [-0.39, 0.29) is 5.56 Å². The van der Waals surface area contributed by atoms with Crippen molar-refractivity contribution in [2.24, 2.45) is 0 Å². The minimum atomic E-state index is -0.933. The lowest BCUT2D eigenvalue weighted by Crippen LogP contribution is -2.21. The van der Waals surface area contributed by atoms with E-state index in [0.717, 1.165) is 82.7 Å². The average molecular weight is 575 g/mol. The van der Waals surface area contributed by atoms with Crippen LogP contribution in [-0.4, -0.2) is 56.8 Å². The Balaban J connectivity index is 1.15. The van der Waals surface area contributed by atoms with Crippen molar-refractivity contribution in [2.75, 3.05) is 26.2 Å². The van der Waals surface area contributed by atoms with E-state index in [4.69, 9.17) is 14.7 Å². The molecule has 0 amide bonds. The summed E-state index contributed by atoms with van der Waals surface area (Å²) >= 11 is 0. The number of benzene rings is 3. The number of rotatable bonds is 9. The van der Waals surface area contributed by atoms with Crippen LogP contribution in [0.3, 0.4) is 0 Å². The molecule has 2 fully saturated rings. The van der Waals surface area contributed by atoms with Crippen molar-refractivity contribution in [3.63, 3.8) is 0 Å². The Labute approximate surface area is 252 Å². The van der Waals surface area contributed by atoms with Crippen LogP contribution in [-0.2, 0) is 0 Å². The number of carboxylic acid groups (broad SMARTS) is 1. The summed E-state index contributed by atoms with van der Waals surface area (Å²) < 4.78 is 8.44. The summed E-state index contributed by atoms with van der Waals surface area (Å²) in [4.78, 5) is 24.2. The highest BCUT2D eigenvalue weighted by Gasteiger charge is 2.23. The van der Waals surface area contributed by atoms with Crippen molar-refractivity contribution in [2.45, 2.75) is 57.4 Å². The van der Waals surface area contributed by atoms with Crippen LogP contribution in [0.25, 0.3) is 44.6 Å². The average Bonchev–Trinajstić information content (AvgIpc) is 3.71. The van der Waals surface area contributed by atoms with Gasteiger partial charge >= 0.3 is 5.97 Å². The smallest absolute Gasteiger partial charge is 0.335 e. The molecule has 1 aliphatic heterocycles. The molecule has 3 heterocycles. The van der Waals surface area contributed by atoms with E-state index in [1.54, 1.807) is 12.1 Å². The monoisotopic (exact) mass is 574 g/mol. The number of hydrogen-bond acceptors (Lipinski definition) is 5. The summed E-state index contributed by atoms with van der Waals surface area (Å²) in [5.74, 6) is 0.840. The summed E-state index contributed by atoms with van der Waals surface area (Å²) in [6.07, 6.45) is 9.56. The number of likely N-dealkylation sites (tertiary alicyclic amines) is 1. The molecule has 0 unspecified atom stereocenters. The van der Waals surface area contributed by atoms with Gasteiger partial charge in [0, 0.05) is 29.1 Å². The first-order chi connectivity index (χ1) is 21.1. The second-order valence-corrected chi connectivity index (χ2v) is 12.0. The molecule has 7 rings (SSSR count). The molecule has 0 radical (unpaired) electrons. The molecule has 3 aromatic carbocycles. The summed E-state index contributed by atoms with van der Waals surface area (Å²) in [5, 5.41) is 10.6. The third-order valence-electron chi connectivity index (χ3n) is 9.04. The van der Waals surface area contributed by atoms with Gasteiger partial charge in [0.05, 0.1) is 34.4 Å². The zero-order valence-corrected chi connectivity index (χ0v) is 24.5. The third kappa shape index (κ3) is 5.87. The zero-order chi connectivity index (χ0) is 29.2. The van der Waals surface area contributed by atoms with Crippen molar-refractivity contribution in [1.82, 2.24) is 19.4 Å². The van der Waals surface area contributed by atoms with Gasteiger partial charge in [-0.15, -0.1) is 0 Å². The fourth-order valence-corrected chi connectivity index (χ4v) is 6.80. The molecule has 5 aromatic rings. The van der Waals surface area contributed by atoms with Crippen LogP contribution in [0.15, 0.2) is 72.8 Å². The fourth-order valence-electron chi connectivity index (χ4n) is 6.80. The van der Waals surface area contributed by atoms with Crippen molar-refractivity contribution >= 4 is 27.9 Å². The number of carboxylic acids is 1. The molecule has 1 saturated heterocycles. The molecule has 220 valence electrons. The van der Waals surface area contributed by atoms with Gasteiger partial charge in [-0.05, 0) is 99.8 Å². The summed E-state index contributed by atoms with van der Waals surface area (Å²) in [5.41, 5.74) is 5.89. The minimum Gasteiger partial charge on any atom is -0.494 e. The maximum Gasteiger partial charge on any atom is 0.335 e. The second kappa shape index (κ2) is 12.2. The quantitative estimate of drug-likeness (QED) is 0.180. The Morgan fingerprint density at radius 2 is 1.70 bits per heavy atom. The van der Waals surface area contributed by atoms with Gasteiger partial charge in [0.25, 0.3) is 0 Å². The molecule has 1 N–H and O–H groups in total. The molecule has 7 nitrogen and oxygen atoms in total. The predicted octanol–water partition coefficient (Wildman–Crippen LogP) is 7.99. The second-order valence-electron chi connectivity index (χ2n) is 12.0. The Kier molecular flexibility index (Phi) is 7.81. The highest BCUT2D eigenvalue weighted by Crippen LogP contribution is 2.37. The topological polar surface area (TPSA) is 80.5 Å². The number of imidazole rings is 1. The Hall–Kier alpha value is -4.23. The highest BCUT2D eigenvalue weighted by atomic mass is 16.5. The Morgan fingerprint density at radius 1 is 0.837 bits per heavy atom. The number of nitrogens with zero attached hydrogens (tertiary/aromatic N) is 4. The lowest BCUT2D eigenvalue weighted by Gasteiger charge is -2.25. The van der Waals surface area contributed by atoms with Crippen LogP contribution >= 0.6 is 0 Å². The molecule has 1 aliphatic carbocycles. The van der Waals surface area contributed by atoms with Gasteiger partial charge in [-0.3, -0.25) is 0 Å². The van der Waals surface area contributed by atoms with Crippen molar-refractivity contribution < 1.29 is 14.6 Å². The standard InChI is InChI=1S/C36H38N4O3/c41-36(42)28-14-17-34-33(24-28)38-35(40(34)29-9-2-1-3-10-29)27-13-16-32-26(22-27)12-15-31(37-32)25-8-6-11-30(23-25)43-21-7-20-39-18-4-5-19-39/h6,8,11-17,22-24,29H,1-5,7,9-10,18-21H2,(H,41,42). The SMILES string of the molecule is O=C(O)c1ccc2c(c1)nc(-c1ccc3nc(-c4cccc(OCCCN5CCCC5)c4)ccc3c1)n2C1CCCCC1. The lowest BCUT2D eigenvalue weighted by atomic mass is 9.94. The normalized spacial score (nSPS) is 16.3. The van der Waals surface area contributed by atoms with Gasteiger partial charge in [-0.2, -0.15) is 0 Å². The number of pyridine rings is 1. The Bertz CT molecular complexity index is 1770. The van der Waals surface area contributed by atoms with Crippen molar-refractivity contribution in [3.8, 4) is 28.4 Å². The van der Waals surface area contributed by atoms with Gasteiger partial charge in [0.1, 0.15) is 11.6 Å². The first-order valence-electron chi connectivity index (χ1n) is 15.7. The van der Waals surface area contributed by atoms with E-state index in [9.17, 15) is 9.90 Å². The maximum atomic E-state index is 11.7.